The van der Waals surface area contributed by atoms with Gasteiger partial charge in [0.15, 0.2) is 0 Å². The van der Waals surface area contributed by atoms with Gasteiger partial charge in [0, 0.05) is 7.05 Å². The van der Waals surface area contributed by atoms with Crippen molar-refractivity contribution in [1.29, 1.82) is 0 Å². The minimum Gasteiger partial charge on any atom is -0.384 e. The molecule has 0 unspecified atom stereocenters. The first kappa shape index (κ1) is 12.8. The van der Waals surface area contributed by atoms with Crippen LogP contribution in [-0.2, 0) is 4.79 Å². The molecule has 0 aliphatic rings. The largest absolute Gasteiger partial charge is 1.00 e. The van der Waals surface area contributed by atoms with Crippen LogP contribution in [-0.4, -0.2) is 19.1 Å². The monoisotopic (exact) mass is 163 g/mol. The molecule has 0 rings (SSSR count). The van der Waals surface area contributed by atoms with Gasteiger partial charge in [0.25, 0.3) is 6.18 Å². The Morgan fingerprint density at radius 3 is 2.00 bits per heavy atom. The maximum absolute atomic E-state index is 11.2. The molecule has 0 fully saturated rings. The maximum Gasteiger partial charge on any atom is 1.00 e. The Balaban J connectivity index is 0. The molecule has 0 heterocycles. The van der Waals surface area contributed by atoms with E-state index >= 15 is 0 Å². The van der Waals surface area contributed by atoms with Gasteiger partial charge in [0.05, 0.1) is 5.91 Å². The molecule has 0 atom stereocenters. The first-order valence-corrected chi connectivity index (χ1v) is 2.10. The van der Waals surface area contributed by atoms with Crippen molar-refractivity contribution in [3.05, 3.63) is 6.42 Å². The second kappa shape index (κ2) is 4.87. The number of alkyl halides is 3. The molecule has 10 heavy (non-hydrogen) atoms. The van der Waals surface area contributed by atoms with E-state index in [0.717, 1.165) is 7.05 Å². The number of amides is 1. The molecule has 54 valence electrons. The maximum atomic E-state index is 11.2. The van der Waals surface area contributed by atoms with Crippen molar-refractivity contribution in [3.63, 3.8) is 0 Å². The molecule has 0 aliphatic heterocycles. The fourth-order valence-corrected chi connectivity index (χ4v) is 0.221. The third-order valence-electron chi connectivity index (χ3n) is 0.541. The van der Waals surface area contributed by atoms with Crippen molar-refractivity contribution in [2.24, 2.45) is 0 Å². The summed E-state index contributed by atoms with van der Waals surface area (Å²) in [4.78, 5) is 9.94. The van der Waals surface area contributed by atoms with E-state index in [-0.39, 0.29) is 36.0 Å². The van der Waals surface area contributed by atoms with Gasteiger partial charge in [-0.15, -0.1) is 0 Å². The van der Waals surface area contributed by atoms with Crippen LogP contribution in [0.3, 0.4) is 0 Å². The van der Waals surface area contributed by atoms with Gasteiger partial charge in [0.2, 0.25) is 0 Å². The summed E-state index contributed by atoms with van der Waals surface area (Å²) in [6, 6.07) is 0. The van der Waals surface area contributed by atoms with Gasteiger partial charge >= 0.3 is 29.6 Å². The van der Waals surface area contributed by atoms with Crippen LogP contribution < -0.4 is 34.9 Å². The molecular weight excluding hydrogens is 158 g/mol. The zero-order valence-electron chi connectivity index (χ0n) is 5.62. The van der Waals surface area contributed by atoms with Crippen LogP contribution in [0.1, 0.15) is 0 Å². The molecule has 0 bridgehead atoms. The number of carbonyl (C=O) groups excluding carboxylic acids is 1. The molecule has 1 N–H and O–H groups in total. The first-order chi connectivity index (χ1) is 3.95. The number of rotatable bonds is 1. The predicted molar refractivity (Wildman–Crippen MR) is 24.4 cm³/mol. The van der Waals surface area contributed by atoms with E-state index in [2.05, 4.69) is 0 Å². The summed E-state index contributed by atoms with van der Waals surface area (Å²) >= 11 is 0. The van der Waals surface area contributed by atoms with Crippen molar-refractivity contribution in [3.8, 4) is 0 Å². The summed E-state index contributed by atoms with van der Waals surface area (Å²) in [6.45, 7) is 0. The summed E-state index contributed by atoms with van der Waals surface area (Å²) < 4.78 is 33.5. The van der Waals surface area contributed by atoms with Crippen molar-refractivity contribution in [2.75, 3.05) is 7.05 Å². The summed E-state index contributed by atoms with van der Waals surface area (Å²) in [5.41, 5.74) is 0. The molecule has 2 nitrogen and oxygen atoms in total. The predicted octanol–water partition coefficient (Wildman–Crippen LogP) is -2.50. The van der Waals surface area contributed by atoms with Gasteiger partial charge in [-0.2, -0.15) is 0 Å². The van der Waals surface area contributed by atoms with Crippen molar-refractivity contribution in [1.82, 2.24) is 5.32 Å². The fraction of sp³-hybridized carbons (Fsp3) is 0.500. The smallest absolute Gasteiger partial charge is 0.384 e. The van der Waals surface area contributed by atoms with Gasteiger partial charge in [-0.1, -0.05) is 0 Å². The molecule has 1 amide bonds. The van der Waals surface area contributed by atoms with E-state index in [1.807, 2.05) is 5.32 Å². The molecule has 0 aromatic heterocycles. The van der Waals surface area contributed by atoms with Crippen LogP contribution >= 0.6 is 0 Å². The van der Waals surface area contributed by atoms with Gasteiger partial charge in [0.1, 0.15) is 0 Å². The Morgan fingerprint density at radius 2 is 1.90 bits per heavy atom. The summed E-state index contributed by atoms with van der Waals surface area (Å²) in [7, 11) is 1.13. The average molecular weight is 163 g/mol. The zero-order chi connectivity index (χ0) is 7.49. The fourth-order valence-electron chi connectivity index (χ4n) is 0.221. The molecule has 0 radical (unpaired) electrons. The number of carbonyl (C=O) groups is 1. The summed E-state index contributed by atoms with van der Waals surface area (Å²) in [5, 5.41) is 1.81. The zero-order valence-corrected chi connectivity index (χ0v) is 7.62. The van der Waals surface area contributed by atoms with Gasteiger partial charge in [-0.3, -0.25) is 0 Å². The summed E-state index contributed by atoms with van der Waals surface area (Å²) in [6.07, 6.45) is -4.85. The van der Waals surface area contributed by atoms with E-state index in [1.165, 1.54) is 0 Å². The molecule has 0 saturated carbocycles. The van der Waals surface area contributed by atoms with Crippen LogP contribution in [0.2, 0.25) is 0 Å². The van der Waals surface area contributed by atoms with E-state index in [9.17, 15) is 18.0 Å². The van der Waals surface area contributed by atoms with Crippen LogP contribution in [0.15, 0.2) is 0 Å². The van der Waals surface area contributed by atoms with Gasteiger partial charge in [-0.05, 0) is 0 Å². The van der Waals surface area contributed by atoms with Crippen LogP contribution in [0, 0.1) is 6.42 Å². The standard InChI is InChI=1S/C4H5F3NO.Na/c1-8-3(9)2-4(5,6)7;/h2H,1H3,(H,8,9);/q-1;+1. The third kappa shape index (κ3) is 8.13. The quantitative estimate of drug-likeness (QED) is 0.336. The van der Waals surface area contributed by atoms with Crippen LogP contribution in [0.25, 0.3) is 0 Å². The van der Waals surface area contributed by atoms with Crippen LogP contribution in [0.4, 0.5) is 13.2 Å². The minimum atomic E-state index is -4.51. The number of hydrogen-bond donors (Lipinski definition) is 1. The molecule has 6 heteroatoms. The molecule has 0 saturated heterocycles. The SMILES string of the molecule is CNC(=O)[CH-]C(F)(F)F.[Na+]. The van der Waals surface area contributed by atoms with Crippen LogP contribution in [0.5, 0.6) is 0 Å². The Kier molecular flexibility index (Phi) is 6.22. The normalized spacial score (nSPS) is 9.60. The Labute approximate surface area is 78.5 Å². The molecular formula is C4H5F3NNaO. The second-order valence-corrected chi connectivity index (χ2v) is 1.30. The molecule has 0 aliphatic carbocycles. The van der Waals surface area contributed by atoms with Gasteiger partial charge < -0.3 is 10.1 Å². The van der Waals surface area contributed by atoms with E-state index in [4.69, 9.17) is 0 Å². The number of nitrogens with one attached hydrogen (secondary N) is 1. The Bertz CT molecular complexity index is 114. The first-order valence-electron chi connectivity index (χ1n) is 2.10. The average Bonchev–Trinajstić information content (AvgIpc) is 1.62. The van der Waals surface area contributed by atoms with Crippen molar-refractivity contribution < 1.29 is 47.5 Å². The molecule has 0 aromatic carbocycles. The molecule has 0 spiro atoms. The van der Waals surface area contributed by atoms with E-state index in [1.54, 1.807) is 0 Å². The minimum absolute atomic E-state index is 0. The molecule has 0 aromatic rings. The van der Waals surface area contributed by atoms with Gasteiger partial charge in [-0.25, -0.2) is 19.6 Å². The van der Waals surface area contributed by atoms with Crippen molar-refractivity contribution in [2.45, 2.75) is 6.18 Å². The Morgan fingerprint density at radius 1 is 1.50 bits per heavy atom. The third-order valence-corrected chi connectivity index (χ3v) is 0.541. The topological polar surface area (TPSA) is 29.1 Å². The second-order valence-electron chi connectivity index (χ2n) is 1.30. The number of hydrogen-bond acceptors (Lipinski definition) is 1. The van der Waals surface area contributed by atoms with Crippen molar-refractivity contribution >= 4 is 5.91 Å². The number of halogens is 3. The van der Waals surface area contributed by atoms with E-state index < -0.39 is 12.1 Å². The summed E-state index contributed by atoms with van der Waals surface area (Å²) in [5.74, 6) is -1.14. The Hall–Kier alpha value is 0.130. The van der Waals surface area contributed by atoms with E-state index in [0.29, 0.717) is 0 Å².